The molecule has 8 heteroatoms. The molecule has 0 amide bonds. The number of nitrogens with zero attached hydrogens (tertiary/aromatic N) is 5. The number of ether oxygens (including phenoxy) is 2. The van der Waals surface area contributed by atoms with E-state index in [0.29, 0.717) is 12.4 Å². The Bertz CT molecular complexity index is 830. The zero-order valence-electron chi connectivity index (χ0n) is 14.0. The Kier molecular flexibility index (Phi) is 6.19. The summed E-state index contributed by atoms with van der Waals surface area (Å²) in [5.74, 6) is 0.679. The molecule has 1 N–H and O–H groups in total. The SMILES string of the molecule is [N-]=[N+]=NC(COCc1ccccc1)COc1ccc(-c2cn[nH]n2)cc1. The van der Waals surface area contributed by atoms with Gasteiger partial charge in [-0.05, 0) is 35.4 Å². The van der Waals surface area contributed by atoms with Crippen molar-refractivity contribution in [3.63, 3.8) is 0 Å². The third-order valence-corrected chi connectivity index (χ3v) is 3.64. The Hall–Kier alpha value is -3.35. The zero-order chi connectivity index (χ0) is 18.0. The van der Waals surface area contributed by atoms with E-state index in [1.165, 1.54) is 0 Å². The van der Waals surface area contributed by atoms with Crippen LogP contribution in [0.25, 0.3) is 21.7 Å². The molecule has 0 saturated carbocycles. The highest BCUT2D eigenvalue weighted by molar-refractivity contribution is 5.58. The first kappa shape index (κ1) is 17.5. The van der Waals surface area contributed by atoms with Crippen molar-refractivity contribution in [2.24, 2.45) is 5.11 Å². The van der Waals surface area contributed by atoms with Gasteiger partial charge >= 0.3 is 0 Å². The fourth-order valence-corrected chi connectivity index (χ4v) is 2.33. The monoisotopic (exact) mass is 350 g/mol. The molecule has 0 radical (unpaired) electrons. The van der Waals surface area contributed by atoms with Gasteiger partial charge in [0.15, 0.2) is 0 Å². The second-order valence-electron chi connectivity index (χ2n) is 5.55. The van der Waals surface area contributed by atoms with Gasteiger partial charge in [-0.2, -0.15) is 15.4 Å². The maximum absolute atomic E-state index is 8.72. The van der Waals surface area contributed by atoms with Gasteiger partial charge in [-0.1, -0.05) is 35.4 Å². The number of benzene rings is 2. The first-order chi connectivity index (χ1) is 12.8. The molecule has 26 heavy (non-hydrogen) atoms. The van der Waals surface area contributed by atoms with Gasteiger partial charge in [-0.3, -0.25) is 0 Å². The van der Waals surface area contributed by atoms with Gasteiger partial charge < -0.3 is 9.47 Å². The number of azide groups is 1. The van der Waals surface area contributed by atoms with Gasteiger partial charge in [0.05, 0.1) is 32.1 Å². The molecule has 132 valence electrons. The van der Waals surface area contributed by atoms with E-state index in [1.807, 2.05) is 54.6 Å². The first-order valence-corrected chi connectivity index (χ1v) is 8.10. The van der Waals surface area contributed by atoms with Crippen LogP contribution in [0.5, 0.6) is 5.75 Å². The number of nitrogens with one attached hydrogen (secondary N) is 1. The third-order valence-electron chi connectivity index (χ3n) is 3.64. The summed E-state index contributed by atoms with van der Waals surface area (Å²) >= 11 is 0. The van der Waals surface area contributed by atoms with Crippen LogP contribution >= 0.6 is 0 Å². The summed E-state index contributed by atoms with van der Waals surface area (Å²) in [5, 5.41) is 14.1. The second-order valence-corrected chi connectivity index (χ2v) is 5.55. The number of rotatable bonds is 9. The molecular formula is C18H18N6O2. The van der Waals surface area contributed by atoms with Gasteiger partial charge in [0.2, 0.25) is 0 Å². The molecule has 3 rings (SSSR count). The maximum atomic E-state index is 8.72. The Morgan fingerprint density at radius 1 is 1.08 bits per heavy atom. The summed E-state index contributed by atoms with van der Waals surface area (Å²) in [5.41, 5.74) is 11.5. The largest absolute Gasteiger partial charge is 0.493 e. The van der Waals surface area contributed by atoms with Crippen LogP contribution in [0, 0.1) is 0 Å². The van der Waals surface area contributed by atoms with Crippen molar-refractivity contribution >= 4 is 0 Å². The fourth-order valence-electron chi connectivity index (χ4n) is 2.33. The number of hydrogen-bond donors (Lipinski definition) is 1. The molecular weight excluding hydrogens is 332 g/mol. The molecule has 0 saturated heterocycles. The smallest absolute Gasteiger partial charge is 0.119 e. The molecule has 1 atom stereocenters. The quantitative estimate of drug-likeness (QED) is 0.360. The van der Waals surface area contributed by atoms with Crippen LogP contribution in [0.2, 0.25) is 0 Å². The molecule has 0 fully saturated rings. The standard InChI is InChI=1S/C18H18N6O2/c19-23-21-16(12-25-11-14-4-2-1-3-5-14)13-26-17-8-6-15(7-9-17)18-10-20-24-22-18/h1-10,16H,11-13H2,(H,20,22,24). The predicted molar refractivity (Wildman–Crippen MR) is 96.3 cm³/mol. The average molecular weight is 350 g/mol. The van der Waals surface area contributed by atoms with Gasteiger partial charge in [-0.25, -0.2) is 0 Å². The van der Waals surface area contributed by atoms with Gasteiger partial charge in [0, 0.05) is 10.5 Å². The molecule has 8 nitrogen and oxygen atoms in total. The van der Waals surface area contributed by atoms with Crippen LogP contribution in [-0.2, 0) is 11.3 Å². The minimum atomic E-state index is -0.404. The molecule has 1 heterocycles. The Balaban J connectivity index is 1.49. The van der Waals surface area contributed by atoms with E-state index in [-0.39, 0.29) is 13.2 Å². The minimum absolute atomic E-state index is 0.238. The highest BCUT2D eigenvalue weighted by Crippen LogP contribution is 2.20. The summed E-state index contributed by atoms with van der Waals surface area (Å²) in [6.45, 7) is 0.989. The van der Waals surface area contributed by atoms with Crippen molar-refractivity contribution in [2.45, 2.75) is 12.6 Å². The van der Waals surface area contributed by atoms with E-state index in [1.54, 1.807) is 6.20 Å². The fraction of sp³-hybridized carbons (Fsp3) is 0.222. The molecule has 1 unspecified atom stereocenters. The summed E-state index contributed by atoms with van der Waals surface area (Å²) < 4.78 is 11.3. The average Bonchev–Trinajstić information content (AvgIpc) is 3.22. The van der Waals surface area contributed by atoms with E-state index < -0.39 is 6.04 Å². The second kappa shape index (κ2) is 9.22. The molecule has 0 bridgehead atoms. The van der Waals surface area contributed by atoms with E-state index in [4.69, 9.17) is 15.0 Å². The van der Waals surface area contributed by atoms with Crippen LogP contribution in [-0.4, -0.2) is 34.7 Å². The van der Waals surface area contributed by atoms with E-state index in [2.05, 4.69) is 25.4 Å². The van der Waals surface area contributed by atoms with Crippen molar-refractivity contribution in [2.75, 3.05) is 13.2 Å². The van der Waals surface area contributed by atoms with Crippen LogP contribution < -0.4 is 4.74 Å². The minimum Gasteiger partial charge on any atom is -0.493 e. The van der Waals surface area contributed by atoms with Crippen molar-refractivity contribution in [1.29, 1.82) is 0 Å². The van der Waals surface area contributed by atoms with Crippen molar-refractivity contribution < 1.29 is 9.47 Å². The highest BCUT2D eigenvalue weighted by Gasteiger charge is 2.09. The lowest BCUT2D eigenvalue weighted by atomic mass is 10.2. The van der Waals surface area contributed by atoms with E-state index in [0.717, 1.165) is 16.8 Å². The number of aromatic amines is 1. The molecule has 2 aromatic carbocycles. The highest BCUT2D eigenvalue weighted by atomic mass is 16.5. The molecule has 0 aliphatic heterocycles. The van der Waals surface area contributed by atoms with Gasteiger partial charge in [0.25, 0.3) is 0 Å². The number of H-pyrrole nitrogens is 1. The Morgan fingerprint density at radius 2 is 1.88 bits per heavy atom. The van der Waals surface area contributed by atoms with Crippen LogP contribution in [0.1, 0.15) is 5.56 Å². The van der Waals surface area contributed by atoms with Crippen LogP contribution in [0.15, 0.2) is 65.9 Å². The van der Waals surface area contributed by atoms with Gasteiger partial charge in [-0.15, -0.1) is 0 Å². The molecule has 1 aromatic heterocycles. The topological polar surface area (TPSA) is 109 Å². The Morgan fingerprint density at radius 3 is 2.58 bits per heavy atom. The lowest BCUT2D eigenvalue weighted by Gasteiger charge is -2.13. The number of hydrogen-bond acceptors (Lipinski definition) is 5. The van der Waals surface area contributed by atoms with Crippen molar-refractivity contribution in [3.8, 4) is 17.0 Å². The van der Waals surface area contributed by atoms with Crippen molar-refractivity contribution in [3.05, 3.63) is 76.8 Å². The molecule has 0 aliphatic carbocycles. The summed E-state index contributed by atoms with van der Waals surface area (Å²) in [4.78, 5) is 2.87. The maximum Gasteiger partial charge on any atom is 0.119 e. The van der Waals surface area contributed by atoms with Crippen molar-refractivity contribution in [1.82, 2.24) is 15.4 Å². The lowest BCUT2D eigenvalue weighted by molar-refractivity contribution is 0.0936. The van der Waals surface area contributed by atoms with E-state index in [9.17, 15) is 0 Å². The zero-order valence-corrected chi connectivity index (χ0v) is 14.0. The molecule has 0 aliphatic rings. The first-order valence-electron chi connectivity index (χ1n) is 8.10. The number of aromatic nitrogens is 3. The molecule has 3 aromatic rings. The van der Waals surface area contributed by atoms with Crippen LogP contribution in [0.4, 0.5) is 0 Å². The molecule has 0 spiro atoms. The summed E-state index contributed by atoms with van der Waals surface area (Å²) in [6.07, 6.45) is 1.65. The van der Waals surface area contributed by atoms with E-state index >= 15 is 0 Å². The summed E-state index contributed by atoms with van der Waals surface area (Å²) in [7, 11) is 0. The third kappa shape index (κ3) is 5.07. The lowest BCUT2D eigenvalue weighted by Crippen LogP contribution is -2.21. The Labute approximate surface area is 150 Å². The predicted octanol–water partition coefficient (Wildman–Crippen LogP) is 3.75. The summed E-state index contributed by atoms with van der Waals surface area (Å²) in [6, 6.07) is 16.9. The normalized spacial score (nSPS) is 11.5. The van der Waals surface area contributed by atoms with Crippen LogP contribution in [0.3, 0.4) is 0 Å². The van der Waals surface area contributed by atoms with Gasteiger partial charge in [0.1, 0.15) is 11.4 Å².